The second-order valence-corrected chi connectivity index (χ2v) is 5.44. The third kappa shape index (κ3) is 5.21. The van der Waals surface area contributed by atoms with E-state index in [4.69, 9.17) is 4.74 Å². The Hall–Kier alpha value is -1.26. The molecule has 21 heavy (non-hydrogen) atoms. The van der Waals surface area contributed by atoms with Crippen molar-refractivity contribution in [2.24, 2.45) is 5.92 Å². The predicted molar refractivity (Wildman–Crippen MR) is 87.0 cm³/mol. The summed E-state index contributed by atoms with van der Waals surface area (Å²) in [6, 6.07) is 10.0. The fourth-order valence-corrected chi connectivity index (χ4v) is 2.45. The molecule has 0 radical (unpaired) electrons. The fraction of sp³-hybridized carbons (Fsp3) is 0.562. The molecule has 1 aromatic rings. The number of hydrogen-bond donors (Lipinski definition) is 1. The minimum absolute atomic E-state index is 0. The van der Waals surface area contributed by atoms with E-state index in [1.807, 2.05) is 42.2 Å². The molecule has 0 aromatic heterocycles. The number of nitrogens with zero attached hydrogens (tertiary/aromatic N) is 1. The fourth-order valence-electron chi connectivity index (χ4n) is 2.45. The summed E-state index contributed by atoms with van der Waals surface area (Å²) >= 11 is 0. The Morgan fingerprint density at radius 1 is 1.43 bits per heavy atom. The molecule has 1 N–H and O–H groups in total. The Balaban J connectivity index is 0.00000220. The number of nitrogens with one attached hydrogen (secondary N) is 1. The SMILES string of the molecule is CC(CCOc1ccccc1)C(=O)N1CCNCC1C.Cl. The molecule has 118 valence electrons. The molecule has 1 aliphatic heterocycles. The Bertz CT molecular complexity index is 428. The number of para-hydroxylation sites is 1. The van der Waals surface area contributed by atoms with Gasteiger partial charge < -0.3 is 15.0 Å². The lowest BCUT2D eigenvalue weighted by Crippen LogP contribution is -2.53. The molecule has 4 nitrogen and oxygen atoms in total. The molecule has 0 spiro atoms. The van der Waals surface area contributed by atoms with Crippen molar-refractivity contribution >= 4 is 18.3 Å². The average Bonchev–Trinajstić information content (AvgIpc) is 2.48. The van der Waals surface area contributed by atoms with E-state index in [0.717, 1.165) is 31.8 Å². The highest BCUT2D eigenvalue weighted by Crippen LogP contribution is 2.14. The van der Waals surface area contributed by atoms with Crippen LogP contribution < -0.4 is 10.1 Å². The predicted octanol–water partition coefficient (Wildman–Crippen LogP) is 2.33. The third-order valence-corrected chi connectivity index (χ3v) is 3.77. The van der Waals surface area contributed by atoms with Crippen LogP contribution in [0.2, 0.25) is 0 Å². The molecule has 2 rings (SSSR count). The van der Waals surface area contributed by atoms with Crippen molar-refractivity contribution in [1.29, 1.82) is 0 Å². The zero-order chi connectivity index (χ0) is 14.4. The van der Waals surface area contributed by atoms with Crippen LogP contribution in [0.25, 0.3) is 0 Å². The summed E-state index contributed by atoms with van der Waals surface area (Å²) in [5.74, 6) is 1.12. The average molecular weight is 313 g/mol. The summed E-state index contributed by atoms with van der Waals surface area (Å²) in [7, 11) is 0. The standard InChI is InChI=1S/C16H24N2O2.ClH/c1-13(8-11-20-15-6-4-3-5-7-15)16(19)18-10-9-17-12-14(18)2;/h3-7,13-14,17H,8-12H2,1-2H3;1H. The van der Waals surface area contributed by atoms with Crippen molar-refractivity contribution in [2.75, 3.05) is 26.2 Å². The molecular weight excluding hydrogens is 288 g/mol. The van der Waals surface area contributed by atoms with Gasteiger partial charge in [-0.05, 0) is 25.5 Å². The van der Waals surface area contributed by atoms with Crippen molar-refractivity contribution in [3.05, 3.63) is 30.3 Å². The number of benzene rings is 1. The molecule has 1 aliphatic rings. The van der Waals surface area contributed by atoms with Gasteiger partial charge in [0.1, 0.15) is 5.75 Å². The molecule has 5 heteroatoms. The largest absolute Gasteiger partial charge is 0.494 e. The Morgan fingerprint density at radius 2 is 2.14 bits per heavy atom. The molecule has 1 amide bonds. The van der Waals surface area contributed by atoms with Crippen molar-refractivity contribution < 1.29 is 9.53 Å². The smallest absolute Gasteiger partial charge is 0.225 e. The van der Waals surface area contributed by atoms with Gasteiger partial charge in [-0.3, -0.25) is 4.79 Å². The molecule has 2 atom stereocenters. The maximum atomic E-state index is 12.4. The monoisotopic (exact) mass is 312 g/mol. The van der Waals surface area contributed by atoms with E-state index in [0.29, 0.717) is 6.61 Å². The first-order chi connectivity index (χ1) is 9.68. The quantitative estimate of drug-likeness (QED) is 0.907. The van der Waals surface area contributed by atoms with E-state index in [9.17, 15) is 4.79 Å². The molecule has 1 heterocycles. The molecule has 0 bridgehead atoms. The first-order valence-corrected chi connectivity index (χ1v) is 7.37. The van der Waals surface area contributed by atoms with Crippen LogP contribution in [0.15, 0.2) is 30.3 Å². The van der Waals surface area contributed by atoms with E-state index >= 15 is 0 Å². The van der Waals surface area contributed by atoms with Gasteiger partial charge in [0, 0.05) is 31.6 Å². The lowest BCUT2D eigenvalue weighted by molar-refractivity contribution is -0.138. The molecule has 1 aromatic carbocycles. The van der Waals surface area contributed by atoms with Gasteiger partial charge in [-0.2, -0.15) is 0 Å². The zero-order valence-corrected chi connectivity index (χ0v) is 13.6. The Kier molecular flexibility index (Phi) is 7.54. The number of halogens is 1. The maximum Gasteiger partial charge on any atom is 0.225 e. The number of hydrogen-bond acceptors (Lipinski definition) is 3. The van der Waals surface area contributed by atoms with Gasteiger partial charge in [0.2, 0.25) is 5.91 Å². The highest BCUT2D eigenvalue weighted by molar-refractivity contribution is 5.85. The number of ether oxygens (including phenoxy) is 1. The molecule has 1 saturated heterocycles. The lowest BCUT2D eigenvalue weighted by atomic mass is 10.0. The van der Waals surface area contributed by atoms with Gasteiger partial charge in [0.15, 0.2) is 0 Å². The van der Waals surface area contributed by atoms with Crippen molar-refractivity contribution in [3.8, 4) is 5.75 Å². The van der Waals surface area contributed by atoms with Crippen molar-refractivity contribution in [3.63, 3.8) is 0 Å². The van der Waals surface area contributed by atoms with Gasteiger partial charge in [-0.1, -0.05) is 25.1 Å². The van der Waals surface area contributed by atoms with E-state index in [1.165, 1.54) is 0 Å². The first kappa shape index (κ1) is 17.8. The second-order valence-electron chi connectivity index (χ2n) is 5.44. The Morgan fingerprint density at radius 3 is 2.81 bits per heavy atom. The summed E-state index contributed by atoms with van der Waals surface area (Å²) in [4.78, 5) is 14.4. The van der Waals surface area contributed by atoms with Crippen molar-refractivity contribution in [2.45, 2.75) is 26.3 Å². The summed E-state index contributed by atoms with van der Waals surface area (Å²) in [6.07, 6.45) is 0.754. The minimum Gasteiger partial charge on any atom is -0.494 e. The summed E-state index contributed by atoms with van der Waals surface area (Å²) < 4.78 is 5.66. The molecule has 0 aliphatic carbocycles. The van der Waals surface area contributed by atoms with Crippen molar-refractivity contribution in [1.82, 2.24) is 10.2 Å². The van der Waals surface area contributed by atoms with Crippen LogP contribution in [0.5, 0.6) is 5.75 Å². The van der Waals surface area contributed by atoms with Crippen LogP contribution in [0.3, 0.4) is 0 Å². The van der Waals surface area contributed by atoms with E-state index in [-0.39, 0.29) is 30.3 Å². The van der Waals surface area contributed by atoms with Gasteiger partial charge in [0.05, 0.1) is 6.61 Å². The van der Waals surface area contributed by atoms with Crippen LogP contribution in [0.1, 0.15) is 20.3 Å². The highest BCUT2D eigenvalue weighted by atomic mass is 35.5. The van der Waals surface area contributed by atoms with Gasteiger partial charge >= 0.3 is 0 Å². The topological polar surface area (TPSA) is 41.6 Å². The van der Waals surface area contributed by atoms with E-state index < -0.39 is 0 Å². The van der Waals surface area contributed by atoms with Crippen LogP contribution in [-0.4, -0.2) is 43.1 Å². The maximum absolute atomic E-state index is 12.4. The number of carbonyl (C=O) groups is 1. The zero-order valence-electron chi connectivity index (χ0n) is 12.7. The summed E-state index contributed by atoms with van der Waals surface area (Å²) in [5.41, 5.74) is 0. The van der Waals surface area contributed by atoms with Crippen LogP contribution in [0.4, 0.5) is 0 Å². The minimum atomic E-state index is 0. The number of piperazine rings is 1. The van der Waals surface area contributed by atoms with E-state index in [1.54, 1.807) is 0 Å². The van der Waals surface area contributed by atoms with Gasteiger partial charge in [-0.15, -0.1) is 12.4 Å². The number of carbonyl (C=O) groups excluding carboxylic acids is 1. The van der Waals surface area contributed by atoms with Crippen LogP contribution in [0, 0.1) is 5.92 Å². The van der Waals surface area contributed by atoms with Gasteiger partial charge in [0.25, 0.3) is 0 Å². The van der Waals surface area contributed by atoms with E-state index in [2.05, 4.69) is 12.2 Å². The molecular formula is C16H25ClN2O2. The summed E-state index contributed by atoms with van der Waals surface area (Å²) in [5, 5.41) is 3.30. The van der Waals surface area contributed by atoms with Crippen LogP contribution >= 0.6 is 12.4 Å². The first-order valence-electron chi connectivity index (χ1n) is 7.37. The van der Waals surface area contributed by atoms with Crippen LogP contribution in [-0.2, 0) is 4.79 Å². The third-order valence-electron chi connectivity index (χ3n) is 3.77. The van der Waals surface area contributed by atoms with Gasteiger partial charge in [-0.25, -0.2) is 0 Å². The lowest BCUT2D eigenvalue weighted by Gasteiger charge is -2.35. The second kappa shape index (κ2) is 8.90. The normalized spacial score (nSPS) is 19.5. The highest BCUT2D eigenvalue weighted by Gasteiger charge is 2.26. The number of amides is 1. The Labute approximate surface area is 133 Å². The summed E-state index contributed by atoms with van der Waals surface area (Å²) in [6.45, 7) is 7.26. The molecule has 2 unspecified atom stereocenters. The molecule has 0 saturated carbocycles. The molecule has 1 fully saturated rings. The number of rotatable bonds is 5.